The van der Waals surface area contributed by atoms with Gasteiger partial charge in [0.1, 0.15) is 0 Å². The van der Waals surface area contributed by atoms with E-state index in [1.165, 1.54) is 0 Å². The maximum Gasteiger partial charge on any atom is 0.328 e. The Morgan fingerprint density at radius 3 is 1.92 bits per heavy atom. The van der Waals surface area contributed by atoms with Gasteiger partial charge in [0.25, 0.3) is 0 Å². The molecule has 4 nitrogen and oxygen atoms in total. The Balaban J connectivity index is 2.49. The molecule has 1 atom stereocenters. The molecule has 1 unspecified atom stereocenters. The summed E-state index contributed by atoms with van der Waals surface area (Å²) in [7, 11) is 0. The van der Waals surface area contributed by atoms with Crippen LogP contribution in [0.1, 0.15) is 37.8 Å². The van der Waals surface area contributed by atoms with Crippen LogP contribution in [-0.4, -0.2) is 23.0 Å². The molecule has 2 N–H and O–H groups in total. The second-order valence-electron chi connectivity index (χ2n) is 6.36. The molecule has 2 aromatic carbocycles. The van der Waals surface area contributed by atoms with Crippen LogP contribution in [-0.2, 0) is 15.0 Å². The van der Waals surface area contributed by atoms with Gasteiger partial charge < -0.3 is 10.4 Å². The van der Waals surface area contributed by atoms with Crippen molar-refractivity contribution in [3.05, 3.63) is 83.9 Å². The maximum atomic E-state index is 12.2. The molecule has 0 fully saturated rings. The van der Waals surface area contributed by atoms with Gasteiger partial charge in [-0.1, -0.05) is 74.0 Å². The third-order valence-corrected chi connectivity index (χ3v) is 4.70. The van der Waals surface area contributed by atoms with Crippen LogP contribution in [0.15, 0.2) is 72.8 Å². The number of hydrogen-bond acceptors (Lipinski definition) is 2. The molecule has 2 rings (SSSR count). The van der Waals surface area contributed by atoms with Crippen molar-refractivity contribution in [1.29, 1.82) is 0 Å². The first kappa shape index (κ1) is 19.4. The van der Waals surface area contributed by atoms with E-state index < -0.39 is 17.3 Å². The van der Waals surface area contributed by atoms with Crippen LogP contribution in [0.2, 0.25) is 0 Å². The Hall–Kier alpha value is -2.88. The van der Waals surface area contributed by atoms with Crippen LogP contribution < -0.4 is 5.32 Å². The number of carbonyl (C=O) groups excluding carboxylic acids is 1. The van der Waals surface area contributed by atoms with E-state index in [-0.39, 0.29) is 6.04 Å². The van der Waals surface area contributed by atoms with E-state index >= 15 is 0 Å². The van der Waals surface area contributed by atoms with Crippen molar-refractivity contribution in [2.75, 3.05) is 0 Å². The fourth-order valence-electron chi connectivity index (χ4n) is 3.57. The third-order valence-electron chi connectivity index (χ3n) is 4.70. The van der Waals surface area contributed by atoms with Gasteiger partial charge in [-0.05, 0) is 24.5 Å². The zero-order chi connectivity index (χ0) is 19.0. The number of carbonyl (C=O) groups is 2. The number of carboxylic acids is 1. The average molecular weight is 351 g/mol. The molecule has 0 bridgehead atoms. The minimum atomic E-state index is -1.14. The SMILES string of the molecule is CCCC(c1ccccc1)(c1ccccc1)C(C)NC(=O)C=CC(=O)O. The van der Waals surface area contributed by atoms with E-state index in [4.69, 9.17) is 5.11 Å². The van der Waals surface area contributed by atoms with Crippen molar-refractivity contribution >= 4 is 11.9 Å². The molecule has 0 aliphatic rings. The van der Waals surface area contributed by atoms with Gasteiger partial charge in [0.15, 0.2) is 0 Å². The van der Waals surface area contributed by atoms with Gasteiger partial charge in [-0.25, -0.2) is 4.79 Å². The Kier molecular flexibility index (Phi) is 6.73. The largest absolute Gasteiger partial charge is 0.478 e. The summed E-state index contributed by atoms with van der Waals surface area (Å²) in [6.45, 7) is 4.10. The first-order valence-corrected chi connectivity index (χ1v) is 8.83. The molecule has 0 saturated carbocycles. The number of rotatable bonds is 8. The van der Waals surface area contributed by atoms with E-state index in [2.05, 4.69) is 36.5 Å². The molecular formula is C22H25NO3. The number of hydrogen-bond donors (Lipinski definition) is 2. The summed E-state index contributed by atoms with van der Waals surface area (Å²) < 4.78 is 0. The van der Waals surface area contributed by atoms with Crippen molar-refractivity contribution in [2.24, 2.45) is 0 Å². The highest BCUT2D eigenvalue weighted by molar-refractivity contribution is 5.94. The number of benzene rings is 2. The van der Waals surface area contributed by atoms with Crippen molar-refractivity contribution in [1.82, 2.24) is 5.32 Å². The van der Waals surface area contributed by atoms with Gasteiger partial charge >= 0.3 is 5.97 Å². The molecule has 0 aliphatic carbocycles. The normalized spacial score (nSPS) is 12.7. The number of aliphatic carboxylic acids is 1. The van der Waals surface area contributed by atoms with Crippen molar-refractivity contribution in [3.8, 4) is 0 Å². The van der Waals surface area contributed by atoms with Gasteiger partial charge in [0.05, 0.1) is 0 Å². The summed E-state index contributed by atoms with van der Waals surface area (Å²) in [4.78, 5) is 22.9. The lowest BCUT2D eigenvalue weighted by Crippen LogP contribution is -2.49. The first-order valence-electron chi connectivity index (χ1n) is 8.83. The average Bonchev–Trinajstić information content (AvgIpc) is 2.65. The third kappa shape index (κ3) is 4.39. The smallest absolute Gasteiger partial charge is 0.328 e. The van der Waals surface area contributed by atoms with E-state index in [1.54, 1.807) is 0 Å². The van der Waals surface area contributed by atoms with Crippen LogP contribution in [0.3, 0.4) is 0 Å². The molecule has 1 amide bonds. The quantitative estimate of drug-likeness (QED) is 0.709. The Morgan fingerprint density at radius 1 is 1.00 bits per heavy atom. The van der Waals surface area contributed by atoms with E-state index in [0.29, 0.717) is 0 Å². The number of amides is 1. The Labute approximate surface area is 154 Å². The summed E-state index contributed by atoms with van der Waals surface area (Å²) >= 11 is 0. The molecular weight excluding hydrogens is 326 g/mol. The van der Waals surface area contributed by atoms with Crippen LogP contribution in [0.25, 0.3) is 0 Å². The zero-order valence-corrected chi connectivity index (χ0v) is 15.2. The van der Waals surface area contributed by atoms with Crippen LogP contribution in [0.4, 0.5) is 0 Å². The molecule has 0 saturated heterocycles. The lowest BCUT2D eigenvalue weighted by atomic mass is 9.67. The summed E-state index contributed by atoms with van der Waals surface area (Å²) in [5.41, 5.74) is 1.86. The second-order valence-corrected chi connectivity index (χ2v) is 6.36. The summed E-state index contributed by atoms with van der Waals surface area (Å²) in [5, 5.41) is 11.7. The fraction of sp³-hybridized carbons (Fsp3) is 0.273. The Bertz CT molecular complexity index is 714. The van der Waals surface area contributed by atoms with Gasteiger partial charge in [-0.2, -0.15) is 0 Å². The predicted molar refractivity (Wildman–Crippen MR) is 103 cm³/mol. The van der Waals surface area contributed by atoms with Crippen molar-refractivity contribution in [3.63, 3.8) is 0 Å². The molecule has 0 aromatic heterocycles. The van der Waals surface area contributed by atoms with Gasteiger partial charge in [0.2, 0.25) is 5.91 Å². The number of nitrogens with one attached hydrogen (secondary N) is 1. The summed E-state index contributed by atoms with van der Waals surface area (Å²) in [6, 6.07) is 20.1. The first-order chi connectivity index (χ1) is 12.5. The maximum absolute atomic E-state index is 12.2. The second kappa shape index (κ2) is 8.99. The number of carboxylic acid groups (broad SMARTS) is 1. The van der Waals surface area contributed by atoms with E-state index in [9.17, 15) is 9.59 Å². The van der Waals surface area contributed by atoms with Crippen molar-refractivity contribution < 1.29 is 14.7 Å². The topological polar surface area (TPSA) is 66.4 Å². The highest BCUT2D eigenvalue weighted by Crippen LogP contribution is 2.40. The standard InChI is InChI=1S/C22H25NO3/c1-3-16-22(18-10-6-4-7-11-18,19-12-8-5-9-13-19)17(2)23-20(24)14-15-21(25)26/h4-15,17H,3,16H2,1-2H3,(H,23,24)(H,25,26). The predicted octanol–water partition coefficient (Wildman–Crippen LogP) is 3.92. The van der Waals surface area contributed by atoms with Crippen LogP contribution in [0.5, 0.6) is 0 Å². The van der Waals surface area contributed by atoms with E-state index in [1.807, 2.05) is 43.3 Å². The molecule has 0 spiro atoms. The summed E-state index contributed by atoms with van der Waals surface area (Å²) in [5.74, 6) is -1.55. The minimum Gasteiger partial charge on any atom is -0.478 e. The van der Waals surface area contributed by atoms with Crippen LogP contribution >= 0.6 is 0 Å². The highest BCUT2D eigenvalue weighted by Gasteiger charge is 2.39. The molecule has 0 aliphatic heterocycles. The fourth-order valence-corrected chi connectivity index (χ4v) is 3.57. The van der Waals surface area contributed by atoms with Gasteiger partial charge in [-0.15, -0.1) is 0 Å². The van der Waals surface area contributed by atoms with Crippen LogP contribution in [0, 0.1) is 0 Å². The van der Waals surface area contributed by atoms with E-state index in [0.717, 1.165) is 36.1 Å². The zero-order valence-electron chi connectivity index (χ0n) is 15.2. The minimum absolute atomic E-state index is 0.224. The lowest BCUT2D eigenvalue weighted by molar-refractivity contribution is -0.131. The van der Waals surface area contributed by atoms with Crippen molar-refractivity contribution in [2.45, 2.75) is 38.1 Å². The lowest BCUT2D eigenvalue weighted by Gasteiger charge is -2.41. The van der Waals surface area contributed by atoms with Gasteiger partial charge in [-0.3, -0.25) is 4.79 Å². The molecule has 0 radical (unpaired) electrons. The molecule has 4 heteroatoms. The molecule has 26 heavy (non-hydrogen) atoms. The monoisotopic (exact) mass is 351 g/mol. The summed E-state index contributed by atoms with van der Waals surface area (Å²) in [6.07, 6.45) is 3.71. The molecule has 2 aromatic rings. The Morgan fingerprint density at radius 2 is 1.50 bits per heavy atom. The highest BCUT2D eigenvalue weighted by atomic mass is 16.4. The molecule has 0 heterocycles. The van der Waals surface area contributed by atoms with Gasteiger partial charge in [0, 0.05) is 23.6 Å². The molecule has 136 valence electrons.